The summed E-state index contributed by atoms with van der Waals surface area (Å²) in [7, 11) is 4.41. The lowest BCUT2D eigenvalue weighted by atomic mass is 9.88. The summed E-state index contributed by atoms with van der Waals surface area (Å²) in [6.07, 6.45) is 5.10. The van der Waals surface area contributed by atoms with Crippen LogP contribution in [-0.4, -0.2) is 77.0 Å². The third kappa shape index (κ3) is 5.02. The van der Waals surface area contributed by atoms with Crippen LogP contribution in [0, 0.1) is 17.6 Å². The maximum Gasteiger partial charge on any atom is 0.409 e. The van der Waals surface area contributed by atoms with Gasteiger partial charge in [-0.05, 0) is 24.1 Å². The first-order valence-corrected chi connectivity index (χ1v) is 12.8. The van der Waals surface area contributed by atoms with Gasteiger partial charge >= 0.3 is 6.09 Å². The zero-order chi connectivity index (χ0) is 28.6. The van der Waals surface area contributed by atoms with E-state index in [2.05, 4.69) is 26.9 Å². The van der Waals surface area contributed by atoms with Gasteiger partial charge in [0, 0.05) is 68.4 Å². The summed E-state index contributed by atoms with van der Waals surface area (Å²) in [5.74, 6) is -0.807. The zero-order valence-corrected chi connectivity index (χ0v) is 22.7. The van der Waals surface area contributed by atoms with Crippen molar-refractivity contribution >= 4 is 17.3 Å². The van der Waals surface area contributed by atoms with Gasteiger partial charge in [-0.25, -0.2) is 23.1 Å². The molecule has 1 aliphatic rings. The number of halogens is 2. The minimum Gasteiger partial charge on any atom is -0.497 e. The fraction of sp³-hybridized carbons (Fsp3) is 0.357. The number of hydrogen-bond acceptors (Lipinski definition) is 8. The molecule has 0 saturated carbocycles. The van der Waals surface area contributed by atoms with E-state index >= 15 is 0 Å². The fourth-order valence-electron chi connectivity index (χ4n) is 5.58. The van der Waals surface area contributed by atoms with E-state index in [-0.39, 0.29) is 35.0 Å². The van der Waals surface area contributed by atoms with Crippen molar-refractivity contribution in [3.05, 3.63) is 71.9 Å². The van der Waals surface area contributed by atoms with Crippen molar-refractivity contribution in [3.63, 3.8) is 0 Å². The Bertz CT molecular complexity index is 1510. The molecule has 0 unspecified atom stereocenters. The molecule has 1 saturated heterocycles. The molecule has 12 heteroatoms. The molecule has 5 rings (SSSR count). The highest BCUT2D eigenvalue weighted by Crippen LogP contribution is 2.31. The molecule has 1 amide bonds. The smallest absolute Gasteiger partial charge is 0.409 e. The minimum atomic E-state index is -0.772. The van der Waals surface area contributed by atoms with Gasteiger partial charge in [0.1, 0.15) is 23.2 Å². The van der Waals surface area contributed by atoms with Gasteiger partial charge in [-0.2, -0.15) is 5.10 Å². The number of rotatable bonds is 6. The number of anilines is 1. The molecule has 1 aliphatic heterocycles. The zero-order valence-electron chi connectivity index (χ0n) is 22.7. The van der Waals surface area contributed by atoms with Crippen molar-refractivity contribution in [3.8, 4) is 17.0 Å². The molecule has 0 bridgehead atoms. The molecule has 3 atom stereocenters. The van der Waals surface area contributed by atoms with Crippen LogP contribution in [0.5, 0.6) is 5.75 Å². The standard InChI is InChI=1S/C28H31F2N7O3/c1-16-14-36(15-22(31)27(16)35(2)28(38)40-4)24-7-8-32-12-17(24)9-25-33-13-18-5-6-23(34-37(18)25)26-20(29)10-19(39-3)11-21(26)30/h5-8,10-13,16,22,27H,9,14-15,31H2,1-4H3/t16-,22+,27-/m0/s1. The molecule has 1 aromatic carbocycles. The summed E-state index contributed by atoms with van der Waals surface area (Å²) < 4.78 is 41.0. The molecular weight excluding hydrogens is 520 g/mol. The Morgan fingerprint density at radius 3 is 2.58 bits per heavy atom. The normalized spacial score (nSPS) is 19.1. The minimum absolute atomic E-state index is 0.0691. The molecular formula is C28H31F2N7O3. The van der Waals surface area contributed by atoms with Gasteiger partial charge in [0.15, 0.2) is 0 Å². The number of imidazole rings is 1. The second-order valence-corrected chi connectivity index (χ2v) is 9.99. The lowest BCUT2D eigenvalue weighted by Gasteiger charge is -2.45. The fourth-order valence-corrected chi connectivity index (χ4v) is 5.58. The van der Waals surface area contributed by atoms with E-state index in [1.54, 1.807) is 47.2 Å². The summed E-state index contributed by atoms with van der Waals surface area (Å²) >= 11 is 0. The molecule has 210 valence electrons. The molecule has 10 nitrogen and oxygen atoms in total. The Morgan fingerprint density at radius 2 is 1.90 bits per heavy atom. The number of piperidine rings is 1. The monoisotopic (exact) mass is 551 g/mol. The molecule has 4 heterocycles. The first kappa shape index (κ1) is 27.3. The molecule has 0 radical (unpaired) electrons. The number of benzene rings is 1. The maximum atomic E-state index is 14.8. The largest absolute Gasteiger partial charge is 0.497 e. The van der Waals surface area contributed by atoms with Gasteiger partial charge in [-0.3, -0.25) is 4.98 Å². The highest BCUT2D eigenvalue weighted by atomic mass is 19.1. The number of methoxy groups -OCH3 is 2. The Labute approximate surface area is 230 Å². The van der Waals surface area contributed by atoms with Crippen LogP contribution in [0.15, 0.2) is 48.9 Å². The van der Waals surface area contributed by atoms with Crippen LogP contribution in [0.2, 0.25) is 0 Å². The Morgan fingerprint density at radius 1 is 1.15 bits per heavy atom. The second kappa shape index (κ2) is 11.0. The number of nitrogens with zero attached hydrogens (tertiary/aromatic N) is 6. The summed E-state index contributed by atoms with van der Waals surface area (Å²) in [6.45, 7) is 3.24. The summed E-state index contributed by atoms with van der Waals surface area (Å²) in [4.78, 5) is 24.8. The number of likely N-dealkylation sites (N-methyl/N-ethyl adjacent to an activating group) is 1. The molecule has 2 N–H and O–H groups in total. The Kier molecular flexibility index (Phi) is 7.53. The van der Waals surface area contributed by atoms with Crippen molar-refractivity contribution in [2.45, 2.75) is 25.4 Å². The number of hydrogen-bond donors (Lipinski definition) is 1. The van der Waals surface area contributed by atoms with Crippen molar-refractivity contribution in [2.75, 3.05) is 39.3 Å². The number of carbonyl (C=O) groups is 1. The number of ether oxygens (including phenoxy) is 2. The second-order valence-electron chi connectivity index (χ2n) is 9.99. The van der Waals surface area contributed by atoms with Crippen LogP contribution in [0.4, 0.5) is 19.3 Å². The van der Waals surface area contributed by atoms with Gasteiger partial charge in [0.25, 0.3) is 0 Å². The van der Waals surface area contributed by atoms with Crippen LogP contribution >= 0.6 is 0 Å². The number of carbonyl (C=O) groups excluding carboxylic acids is 1. The van der Waals surface area contributed by atoms with Gasteiger partial charge in [0.05, 0.1) is 43.2 Å². The van der Waals surface area contributed by atoms with Gasteiger partial charge in [0.2, 0.25) is 0 Å². The average Bonchev–Trinajstić information content (AvgIpc) is 3.33. The Hall–Kier alpha value is -4.32. The predicted molar refractivity (Wildman–Crippen MR) is 145 cm³/mol. The van der Waals surface area contributed by atoms with Crippen molar-refractivity contribution in [1.82, 2.24) is 24.5 Å². The van der Waals surface area contributed by atoms with Crippen LogP contribution in [-0.2, 0) is 11.2 Å². The molecule has 40 heavy (non-hydrogen) atoms. The maximum absolute atomic E-state index is 14.8. The molecule has 0 aliphatic carbocycles. The molecule has 4 aromatic rings. The third-order valence-electron chi connectivity index (χ3n) is 7.40. The van der Waals surface area contributed by atoms with Crippen LogP contribution < -0.4 is 15.4 Å². The number of amides is 1. The molecule has 0 spiro atoms. The van der Waals surface area contributed by atoms with Gasteiger partial charge in [-0.15, -0.1) is 0 Å². The first-order valence-electron chi connectivity index (χ1n) is 12.8. The topological polar surface area (TPSA) is 111 Å². The van der Waals surface area contributed by atoms with E-state index in [0.29, 0.717) is 30.9 Å². The predicted octanol–water partition coefficient (Wildman–Crippen LogP) is 3.52. The SMILES string of the molecule is COC(=O)N(C)[C@@H]1[C@H](N)CN(c2ccncc2Cc2ncc3ccc(-c4c(F)cc(OC)cc4F)nn23)C[C@@H]1C. The summed E-state index contributed by atoms with van der Waals surface area (Å²) in [6, 6.07) is 6.97. The number of nitrogens with two attached hydrogens (primary N) is 1. The highest BCUT2D eigenvalue weighted by molar-refractivity contribution is 5.68. The number of aromatic nitrogens is 4. The quantitative estimate of drug-likeness (QED) is 0.388. The van der Waals surface area contributed by atoms with E-state index in [1.165, 1.54) is 14.2 Å². The van der Waals surface area contributed by atoms with E-state index in [0.717, 1.165) is 23.4 Å². The van der Waals surface area contributed by atoms with Crippen LogP contribution in [0.25, 0.3) is 16.8 Å². The molecule has 1 fully saturated rings. The van der Waals surface area contributed by atoms with Crippen molar-refractivity contribution in [2.24, 2.45) is 11.7 Å². The first-order chi connectivity index (χ1) is 19.2. The van der Waals surface area contributed by atoms with Crippen LogP contribution in [0.3, 0.4) is 0 Å². The summed E-state index contributed by atoms with van der Waals surface area (Å²) in [5.41, 5.74) is 8.97. The lowest BCUT2D eigenvalue weighted by Crippen LogP contribution is -2.62. The van der Waals surface area contributed by atoms with Crippen molar-refractivity contribution in [1.29, 1.82) is 0 Å². The summed E-state index contributed by atoms with van der Waals surface area (Å²) in [5, 5.41) is 4.53. The van der Waals surface area contributed by atoms with Crippen LogP contribution in [0.1, 0.15) is 18.3 Å². The number of fused-ring (bicyclic) bond motifs is 1. The molecule has 3 aromatic heterocycles. The third-order valence-corrected chi connectivity index (χ3v) is 7.40. The highest BCUT2D eigenvalue weighted by Gasteiger charge is 2.38. The average molecular weight is 552 g/mol. The van der Waals surface area contributed by atoms with E-state index in [4.69, 9.17) is 15.2 Å². The van der Waals surface area contributed by atoms with Gasteiger partial charge in [-0.1, -0.05) is 6.92 Å². The lowest BCUT2D eigenvalue weighted by molar-refractivity contribution is 0.0905. The van der Waals surface area contributed by atoms with Gasteiger partial charge < -0.3 is 25.0 Å². The number of pyridine rings is 1. The van der Waals surface area contributed by atoms with Crippen molar-refractivity contribution < 1.29 is 23.0 Å². The van der Waals surface area contributed by atoms with E-state index in [1.807, 2.05) is 6.07 Å². The Balaban J connectivity index is 1.44. The van der Waals surface area contributed by atoms with E-state index < -0.39 is 17.7 Å². The van der Waals surface area contributed by atoms with E-state index in [9.17, 15) is 13.6 Å².